The molecule has 108 valence electrons. The number of hydrogen-bond donors (Lipinski definition) is 2. The highest BCUT2D eigenvalue weighted by Gasteiger charge is 2.24. The van der Waals surface area contributed by atoms with Crippen molar-refractivity contribution in [1.82, 2.24) is 19.3 Å². The quantitative estimate of drug-likeness (QED) is 0.817. The van der Waals surface area contributed by atoms with Gasteiger partial charge in [-0.25, -0.2) is 9.78 Å². The zero-order chi connectivity index (χ0) is 15.1. The molecule has 9 nitrogen and oxygen atoms in total. The lowest BCUT2D eigenvalue weighted by atomic mass is 10.3. The van der Waals surface area contributed by atoms with E-state index >= 15 is 0 Å². The molecule has 0 spiro atoms. The molecule has 10 heteroatoms. The zero-order valence-corrected chi connectivity index (χ0v) is 11.8. The normalized spacial score (nSPS) is 11.6. The first kappa shape index (κ1) is 14.1. The van der Waals surface area contributed by atoms with E-state index in [0.717, 1.165) is 10.9 Å². The van der Waals surface area contributed by atoms with Crippen LogP contribution in [0.3, 0.4) is 0 Å². The van der Waals surface area contributed by atoms with Gasteiger partial charge in [-0.15, -0.1) is 0 Å². The number of carboxylic acids is 1. The lowest BCUT2D eigenvalue weighted by molar-refractivity contribution is 0.0698. The van der Waals surface area contributed by atoms with E-state index < -0.39 is 16.0 Å². The van der Waals surface area contributed by atoms with Gasteiger partial charge in [-0.1, -0.05) is 0 Å². The molecule has 0 aliphatic rings. The van der Waals surface area contributed by atoms with E-state index in [0.29, 0.717) is 5.82 Å². The summed E-state index contributed by atoms with van der Waals surface area (Å²) in [4.78, 5) is 14.9. The summed E-state index contributed by atoms with van der Waals surface area (Å²) in [6.07, 6.45) is 2.42. The molecule has 2 aromatic rings. The summed E-state index contributed by atoms with van der Waals surface area (Å²) in [5, 5.41) is 12.5. The summed E-state index contributed by atoms with van der Waals surface area (Å²) in [6, 6.07) is 0. The summed E-state index contributed by atoms with van der Waals surface area (Å²) in [5.74, 6) is -0.873. The van der Waals surface area contributed by atoms with Crippen molar-refractivity contribution < 1.29 is 18.3 Å². The minimum absolute atomic E-state index is 0.124. The number of aromatic carboxylic acids is 1. The van der Waals surface area contributed by atoms with Crippen molar-refractivity contribution in [1.29, 1.82) is 0 Å². The number of rotatable bonds is 4. The van der Waals surface area contributed by atoms with Crippen molar-refractivity contribution in [2.75, 3.05) is 4.72 Å². The van der Waals surface area contributed by atoms with Crippen molar-refractivity contribution in [2.24, 2.45) is 14.1 Å². The molecule has 0 aromatic carbocycles. The predicted octanol–water partition coefficient (Wildman–Crippen LogP) is -0.0390. The maximum absolute atomic E-state index is 12.2. The Bertz CT molecular complexity index is 754. The molecule has 20 heavy (non-hydrogen) atoms. The number of imidazole rings is 1. The molecule has 0 aliphatic carbocycles. The van der Waals surface area contributed by atoms with Gasteiger partial charge in [0.2, 0.25) is 0 Å². The van der Waals surface area contributed by atoms with Crippen LogP contribution in [0.15, 0.2) is 17.4 Å². The van der Waals surface area contributed by atoms with Crippen LogP contribution < -0.4 is 4.72 Å². The molecule has 0 saturated carbocycles. The minimum Gasteiger partial charge on any atom is -0.477 e. The topological polar surface area (TPSA) is 119 Å². The largest absolute Gasteiger partial charge is 0.477 e. The first-order chi connectivity index (χ1) is 9.22. The molecule has 0 amide bonds. The molecule has 0 bridgehead atoms. The van der Waals surface area contributed by atoms with E-state index in [9.17, 15) is 13.2 Å². The van der Waals surface area contributed by atoms with Crippen molar-refractivity contribution in [3.63, 3.8) is 0 Å². The molecule has 0 atom stereocenters. The van der Waals surface area contributed by atoms with Gasteiger partial charge in [-0.2, -0.15) is 13.5 Å². The SMILES string of the molecule is Cc1nc(S(=O)(=O)Nc2c(C(=O)O)cnn2C)cn1C. The third kappa shape index (κ3) is 2.37. The van der Waals surface area contributed by atoms with E-state index in [1.807, 2.05) is 0 Å². The van der Waals surface area contributed by atoms with Crippen LogP contribution in [0, 0.1) is 6.92 Å². The molecule has 0 fully saturated rings. The van der Waals surface area contributed by atoms with Crippen LogP contribution in [0.4, 0.5) is 5.82 Å². The van der Waals surface area contributed by atoms with Gasteiger partial charge in [-0.05, 0) is 6.92 Å². The third-order valence-corrected chi connectivity index (χ3v) is 3.97. The van der Waals surface area contributed by atoms with Crippen molar-refractivity contribution in [2.45, 2.75) is 11.9 Å². The molecular formula is C10H13N5O4S. The number of carboxylic acid groups (broad SMARTS) is 1. The molecular weight excluding hydrogens is 286 g/mol. The lowest BCUT2D eigenvalue weighted by Gasteiger charge is -2.07. The van der Waals surface area contributed by atoms with Crippen LogP contribution in [-0.2, 0) is 24.1 Å². The van der Waals surface area contributed by atoms with Gasteiger partial charge in [0.05, 0.1) is 6.20 Å². The van der Waals surface area contributed by atoms with Gasteiger partial charge in [0, 0.05) is 20.3 Å². The number of nitrogens with one attached hydrogen (secondary N) is 1. The Balaban J connectivity index is 2.43. The Kier molecular flexibility index (Phi) is 3.26. The number of anilines is 1. The first-order valence-electron chi connectivity index (χ1n) is 5.50. The Morgan fingerprint density at radius 3 is 2.55 bits per heavy atom. The highest BCUT2D eigenvalue weighted by molar-refractivity contribution is 7.92. The van der Waals surface area contributed by atoms with E-state index in [4.69, 9.17) is 5.11 Å². The average molecular weight is 299 g/mol. The molecule has 2 heterocycles. The fraction of sp³-hybridized carbons (Fsp3) is 0.300. The van der Waals surface area contributed by atoms with Crippen molar-refractivity contribution >= 4 is 21.8 Å². The summed E-state index contributed by atoms with van der Waals surface area (Å²) in [7, 11) is -0.870. The van der Waals surface area contributed by atoms with E-state index in [2.05, 4.69) is 14.8 Å². The van der Waals surface area contributed by atoms with E-state index in [1.54, 1.807) is 18.5 Å². The van der Waals surface area contributed by atoms with Crippen LogP contribution in [0.1, 0.15) is 16.2 Å². The fourth-order valence-electron chi connectivity index (χ4n) is 1.55. The maximum atomic E-state index is 12.2. The monoisotopic (exact) mass is 299 g/mol. The second-order valence-electron chi connectivity index (χ2n) is 4.18. The van der Waals surface area contributed by atoms with Crippen LogP contribution in [0.25, 0.3) is 0 Å². The average Bonchev–Trinajstić information content (AvgIpc) is 2.85. The standard InChI is InChI=1S/C10H13N5O4S/c1-6-12-8(5-14(6)2)20(18,19)13-9-7(10(16)17)4-11-15(9)3/h4-5,13H,1-3H3,(H,16,17). The number of hydrogen-bond acceptors (Lipinski definition) is 5. The summed E-state index contributed by atoms with van der Waals surface area (Å²) < 4.78 is 29.2. The predicted molar refractivity (Wildman–Crippen MR) is 68.9 cm³/mol. The summed E-state index contributed by atoms with van der Waals surface area (Å²) >= 11 is 0. The maximum Gasteiger partial charge on any atom is 0.341 e. The second kappa shape index (κ2) is 4.63. The van der Waals surface area contributed by atoms with Gasteiger partial charge in [0.1, 0.15) is 11.4 Å². The smallest absolute Gasteiger partial charge is 0.341 e. The number of aryl methyl sites for hydroxylation is 3. The van der Waals surface area contributed by atoms with Gasteiger partial charge in [0.25, 0.3) is 10.0 Å². The Morgan fingerprint density at radius 2 is 2.05 bits per heavy atom. The number of carbonyl (C=O) groups is 1. The van der Waals surface area contributed by atoms with Crippen molar-refractivity contribution in [3.05, 3.63) is 23.8 Å². The first-order valence-corrected chi connectivity index (χ1v) is 6.99. The Labute approximate surface area is 114 Å². The van der Waals surface area contributed by atoms with Crippen molar-refractivity contribution in [3.8, 4) is 0 Å². The van der Waals surface area contributed by atoms with E-state index in [-0.39, 0.29) is 16.4 Å². The van der Waals surface area contributed by atoms with Gasteiger partial charge in [0.15, 0.2) is 10.8 Å². The van der Waals surface area contributed by atoms with Gasteiger partial charge >= 0.3 is 5.97 Å². The fourth-order valence-corrected chi connectivity index (χ4v) is 2.70. The third-order valence-electron chi connectivity index (χ3n) is 2.76. The van der Waals surface area contributed by atoms with E-state index in [1.165, 1.54) is 13.2 Å². The highest BCUT2D eigenvalue weighted by atomic mass is 32.2. The number of aromatic nitrogens is 4. The van der Waals surface area contributed by atoms with Gasteiger partial charge in [-0.3, -0.25) is 9.40 Å². The summed E-state index contributed by atoms with van der Waals surface area (Å²) in [6.45, 7) is 1.66. The van der Waals surface area contributed by atoms with Crippen LogP contribution >= 0.6 is 0 Å². The minimum atomic E-state index is -3.97. The second-order valence-corrected chi connectivity index (χ2v) is 5.81. The molecule has 0 aliphatic heterocycles. The molecule has 2 N–H and O–H groups in total. The zero-order valence-electron chi connectivity index (χ0n) is 11.0. The Hall–Kier alpha value is -2.36. The molecule has 0 saturated heterocycles. The Morgan fingerprint density at radius 1 is 1.40 bits per heavy atom. The van der Waals surface area contributed by atoms with Crippen LogP contribution in [0.5, 0.6) is 0 Å². The highest BCUT2D eigenvalue weighted by Crippen LogP contribution is 2.19. The lowest BCUT2D eigenvalue weighted by Crippen LogP contribution is -2.17. The number of nitrogens with zero attached hydrogens (tertiary/aromatic N) is 4. The molecule has 2 rings (SSSR count). The molecule has 0 radical (unpaired) electrons. The molecule has 2 aromatic heterocycles. The van der Waals surface area contributed by atoms with Crippen LogP contribution in [-0.4, -0.2) is 38.8 Å². The summed E-state index contributed by atoms with van der Waals surface area (Å²) in [5.41, 5.74) is -0.233. The number of sulfonamides is 1. The van der Waals surface area contributed by atoms with Crippen LogP contribution in [0.2, 0.25) is 0 Å². The van der Waals surface area contributed by atoms with Gasteiger partial charge < -0.3 is 9.67 Å². The molecule has 0 unspecified atom stereocenters.